The molecular weight excluding hydrogens is 214 g/mol. The number of nitrogens with zero attached hydrogens (tertiary/aromatic N) is 1. The van der Waals surface area contributed by atoms with Gasteiger partial charge in [0.2, 0.25) is 5.91 Å². The zero-order chi connectivity index (χ0) is 12.8. The zero-order valence-corrected chi connectivity index (χ0v) is 10.6. The lowest BCUT2D eigenvalue weighted by molar-refractivity contribution is -0.116. The van der Waals surface area contributed by atoms with Crippen LogP contribution in [-0.4, -0.2) is 10.9 Å². The lowest BCUT2D eigenvalue weighted by Crippen LogP contribution is -2.12. The van der Waals surface area contributed by atoms with E-state index in [1.165, 1.54) is 0 Å². The number of hydrogen-bond donors (Lipinski definition) is 2. The molecule has 4 heteroatoms. The summed E-state index contributed by atoms with van der Waals surface area (Å²) in [7, 11) is 0. The number of nitrogens with one attached hydrogen (secondary N) is 1. The van der Waals surface area contributed by atoms with Crippen LogP contribution in [0, 0.1) is 6.92 Å². The SMILES string of the molecule is CCCC(=O)Nc1cc(/C=C(/C)N)ncc1C. The average molecular weight is 233 g/mol. The number of aryl methyl sites for hydroxylation is 1. The van der Waals surface area contributed by atoms with Gasteiger partial charge in [-0.25, -0.2) is 0 Å². The minimum absolute atomic E-state index is 0.0289. The van der Waals surface area contributed by atoms with Crippen LogP contribution in [0.5, 0.6) is 0 Å². The first kappa shape index (κ1) is 13.2. The highest BCUT2D eigenvalue weighted by atomic mass is 16.1. The average Bonchev–Trinajstić information content (AvgIpc) is 2.22. The van der Waals surface area contributed by atoms with Gasteiger partial charge in [-0.2, -0.15) is 0 Å². The second kappa shape index (κ2) is 6.03. The first-order valence-electron chi connectivity index (χ1n) is 5.73. The molecule has 4 nitrogen and oxygen atoms in total. The molecule has 0 saturated carbocycles. The van der Waals surface area contributed by atoms with Gasteiger partial charge in [0, 0.05) is 24.0 Å². The molecular formula is C13H19N3O. The van der Waals surface area contributed by atoms with E-state index in [1.54, 1.807) is 19.2 Å². The van der Waals surface area contributed by atoms with Crippen LogP contribution in [0.15, 0.2) is 18.0 Å². The maximum atomic E-state index is 11.5. The molecule has 0 aromatic carbocycles. The molecule has 0 fully saturated rings. The van der Waals surface area contributed by atoms with Gasteiger partial charge >= 0.3 is 0 Å². The van der Waals surface area contributed by atoms with Gasteiger partial charge in [-0.05, 0) is 38.0 Å². The number of carbonyl (C=O) groups is 1. The molecule has 0 unspecified atom stereocenters. The minimum Gasteiger partial charge on any atom is -0.402 e. The molecule has 0 atom stereocenters. The maximum Gasteiger partial charge on any atom is 0.224 e. The lowest BCUT2D eigenvalue weighted by atomic mass is 10.2. The van der Waals surface area contributed by atoms with E-state index in [2.05, 4.69) is 10.3 Å². The Balaban J connectivity index is 2.91. The van der Waals surface area contributed by atoms with Gasteiger partial charge in [0.25, 0.3) is 0 Å². The van der Waals surface area contributed by atoms with E-state index >= 15 is 0 Å². The molecule has 0 spiro atoms. The first-order chi connectivity index (χ1) is 8.02. The summed E-state index contributed by atoms with van der Waals surface area (Å²) in [4.78, 5) is 15.8. The summed E-state index contributed by atoms with van der Waals surface area (Å²) in [6, 6.07) is 1.83. The van der Waals surface area contributed by atoms with Crippen LogP contribution in [0.1, 0.15) is 37.9 Å². The Labute approximate surface area is 102 Å². The number of nitrogens with two attached hydrogens (primary N) is 1. The Morgan fingerprint density at radius 3 is 2.88 bits per heavy atom. The molecule has 1 amide bonds. The van der Waals surface area contributed by atoms with Gasteiger partial charge in [0.15, 0.2) is 0 Å². The van der Waals surface area contributed by atoms with Gasteiger partial charge in [0.05, 0.1) is 5.69 Å². The number of hydrogen-bond acceptors (Lipinski definition) is 3. The van der Waals surface area contributed by atoms with Gasteiger partial charge in [-0.3, -0.25) is 9.78 Å². The van der Waals surface area contributed by atoms with E-state index < -0.39 is 0 Å². The molecule has 3 N–H and O–H groups in total. The predicted octanol–water partition coefficient (Wildman–Crippen LogP) is 2.45. The second-order valence-electron chi connectivity index (χ2n) is 4.11. The monoisotopic (exact) mass is 233 g/mol. The summed E-state index contributed by atoms with van der Waals surface area (Å²) in [6.45, 7) is 5.69. The highest BCUT2D eigenvalue weighted by Gasteiger charge is 2.04. The fraction of sp³-hybridized carbons (Fsp3) is 0.385. The second-order valence-corrected chi connectivity index (χ2v) is 4.11. The highest BCUT2D eigenvalue weighted by molar-refractivity contribution is 5.91. The third kappa shape index (κ3) is 4.26. The molecule has 0 aliphatic carbocycles. The molecule has 17 heavy (non-hydrogen) atoms. The molecule has 0 aliphatic rings. The van der Waals surface area contributed by atoms with Gasteiger partial charge < -0.3 is 11.1 Å². The van der Waals surface area contributed by atoms with Crippen molar-refractivity contribution in [1.82, 2.24) is 4.98 Å². The van der Waals surface area contributed by atoms with Crippen LogP contribution in [0.3, 0.4) is 0 Å². The Bertz CT molecular complexity index is 434. The molecule has 1 rings (SSSR count). The summed E-state index contributed by atoms with van der Waals surface area (Å²) in [5.41, 5.74) is 8.78. The van der Waals surface area contributed by atoms with E-state index in [4.69, 9.17) is 5.73 Å². The normalized spacial score (nSPS) is 11.4. The molecule has 0 aliphatic heterocycles. The third-order valence-corrected chi connectivity index (χ3v) is 2.25. The summed E-state index contributed by atoms with van der Waals surface area (Å²) in [6.07, 6.45) is 4.87. The topological polar surface area (TPSA) is 68.0 Å². The van der Waals surface area contributed by atoms with Crippen LogP contribution in [0.25, 0.3) is 6.08 Å². The van der Waals surface area contributed by atoms with Crippen molar-refractivity contribution in [3.63, 3.8) is 0 Å². The molecule has 1 aromatic heterocycles. The highest BCUT2D eigenvalue weighted by Crippen LogP contribution is 2.16. The number of carbonyl (C=O) groups excluding carboxylic acids is 1. The number of rotatable bonds is 4. The van der Waals surface area contributed by atoms with Crippen molar-refractivity contribution in [2.24, 2.45) is 5.73 Å². The van der Waals surface area contributed by atoms with Crippen LogP contribution in [-0.2, 0) is 4.79 Å². The summed E-state index contributed by atoms with van der Waals surface area (Å²) in [5, 5.41) is 2.88. The number of amides is 1. The van der Waals surface area contributed by atoms with Crippen molar-refractivity contribution in [3.05, 3.63) is 29.2 Å². The van der Waals surface area contributed by atoms with Crippen molar-refractivity contribution >= 4 is 17.7 Å². The summed E-state index contributed by atoms with van der Waals surface area (Å²) in [5.74, 6) is 0.0289. The Hall–Kier alpha value is -1.84. The Kier molecular flexibility index (Phi) is 4.69. The van der Waals surface area contributed by atoms with Crippen LogP contribution in [0.4, 0.5) is 5.69 Å². The lowest BCUT2D eigenvalue weighted by Gasteiger charge is -2.08. The summed E-state index contributed by atoms with van der Waals surface area (Å²) < 4.78 is 0. The van der Waals surface area contributed by atoms with Crippen molar-refractivity contribution in [2.45, 2.75) is 33.6 Å². The number of pyridine rings is 1. The van der Waals surface area contributed by atoms with Crippen molar-refractivity contribution < 1.29 is 4.79 Å². The van der Waals surface area contributed by atoms with Gasteiger partial charge in [-0.1, -0.05) is 6.92 Å². The van der Waals surface area contributed by atoms with E-state index in [9.17, 15) is 4.79 Å². The van der Waals surface area contributed by atoms with E-state index in [0.29, 0.717) is 12.1 Å². The van der Waals surface area contributed by atoms with E-state index in [1.807, 2.05) is 19.9 Å². The quantitative estimate of drug-likeness (QED) is 0.839. The van der Waals surface area contributed by atoms with Crippen LogP contribution < -0.4 is 11.1 Å². The number of aromatic nitrogens is 1. The number of allylic oxidation sites excluding steroid dienone is 1. The van der Waals surface area contributed by atoms with Crippen LogP contribution in [0.2, 0.25) is 0 Å². The molecule has 0 bridgehead atoms. The zero-order valence-electron chi connectivity index (χ0n) is 10.6. The fourth-order valence-corrected chi connectivity index (χ4v) is 1.43. The van der Waals surface area contributed by atoms with Crippen molar-refractivity contribution in [2.75, 3.05) is 5.32 Å². The smallest absolute Gasteiger partial charge is 0.224 e. The Morgan fingerprint density at radius 1 is 1.59 bits per heavy atom. The molecule has 0 saturated heterocycles. The molecule has 1 aromatic rings. The first-order valence-corrected chi connectivity index (χ1v) is 5.73. The summed E-state index contributed by atoms with van der Waals surface area (Å²) >= 11 is 0. The standard InChI is InChI=1S/C13H19N3O/c1-4-5-13(17)16-12-7-11(6-10(3)14)15-8-9(12)2/h6-8H,4-5,14H2,1-3H3,(H,15,16,17)/b10-6-. The minimum atomic E-state index is 0.0289. The Morgan fingerprint density at radius 2 is 2.29 bits per heavy atom. The van der Waals surface area contributed by atoms with Crippen molar-refractivity contribution in [3.8, 4) is 0 Å². The fourth-order valence-electron chi connectivity index (χ4n) is 1.43. The van der Waals surface area contributed by atoms with E-state index in [0.717, 1.165) is 23.4 Å². The molecule has 0 radical (unpaired) electrons. The largest absolute Gasteiger partial charge is 0.402 e. The van der Waals surface area contributed by atoms with E-state index in [-0.39, 0.29) is 5.91 Å². The maximum absolute atomic E-state index is 11.5. The van der Waals surface area contributed by atoms with Gasteiger partial charge in [-0.15, -0.1) is 0 Å². The molecule has 92 valence electrons. The number of anilines is 1. The van der Waals surface area contributed by atoms with Gasteiger partial charge in [0.1, 0.15) is 0 Å². The molecule has 1 heterocycles. The van der Waals surface area contributed by atoms with Crippen LogP contribution >= 0.6 is 0 Å². The third-order valence-electron chi connectivity index (χ3n) is 2.25. The van der Waals surface area contributed by atoms with Crippen molar-refractivity contribution in [1.29, 1.82) is 0 Å². The predicted molar refractivity (Wildman–Crippen MR) is 70.4 cm³/mol.